The normalized spacial score (nSPS) is 17.9. The average molecular weight is 247 g/mol. The molecule has 0 bridgehead atoms. The molecule has 0 rings (SSSR count). The van der Waals surface area contributed by atoms with Gasteiger partial charge in [0.1, 0.15) is 5.60 Å². The minimum Gasteiger partial charge on any atom is -0.368 e. The van der Waals surface area contributed by atoms with Crippen LogP contribution >= 0.6 is 12.6 Å². The second-order valence-electron chi connectivity index (χ2n) is 5.01. The summed E-state index contributed by atoms with van der Waals surface area (Å²) < 4.78 is 5.62. The van der Waals surface area contributed by atoms with Crippen LogP contribution in [0.1, 0.15) is 41.0 Å². The van der Waals surface area contributed by atoms with E-state index in [0.29, 0.717) is 6.61 Å². The summed E-state index contributed by atoms with van der Waals surface area (Å²) in [6.45, 7) is 9.87. The fourth-order valence-electron chi connectivity index (χ4n) is 1.16. The number of thiol groups is 1. The van der Waals surface area contributed by atoms with Crippen molar-refractivity contribution in [2.75, 3.05) is 13.7 Å². The Morgan fingerprint density at radius 1 is 1.44 bits per heavy atom. The molecule has 96 valence electrons. The smallest absolute Gasteiger partial charge is 0.160 e. The number of hydrogen-bond donors (Lipinski definition) is 2. The van der Waals surface area contributed by atoms with Gasteiger partial charge in [-0.3, -0.25) is 4.79 Å². The topological polar surface area (TPSA) is 38.3 Å². The highest BCUT2D eigenvalue weighted by molar-refractivity contribution is 7.81. The second-order valence-corrected chi connectivity index (χ2v) is 5.78. The van der Waals surface area contributed by atoms with Gasteiger partial charge in [-0.05, 0) is 41.2 Å². The quantitative estimate of drug-likeness (QED) is 0.676. The minimum absolute atomic E-state index is 0.0533. The molecule has 2 unspecified atom stereocenters. The van der Waals surface area contributed by atoms with Crippen molar-refractivity contribution in [3.05, 3.63) is 0 Å². The van der Waals surface area contributed by atoms with Crippen molar-refractivity contribution in [1.29, 1.82) is 0 Å². The van der Waals surface area contributed by atoms with Crippen molar-refractivity contribution < 1.29 is 9.53 Å². The summed E-state index contributed by atoms with van der Waals surface area (Å²) in [4.78, 5) is 11.3. The molecule has 2 atom stereocenters. The molecule has 0 fully saturated rings. The molecule has 1 N–H and O–H groups in total. The second kappa shape index (κ2) is 6.03. The molecule has 0 saturated heterocycles. The third kappa shape index (κ3) is 4.44. The van der Waals surface area contributed by atoms with Crippen molar-refractivity contribution in [3.63, 3.8) is 0 Å². The highest BCUT2D eigenvalue weighted by Gasteiger charge is 2.29. The third-order valence-electron chi connectivity index (χ3n) is 3.43. The first-order valence-corrected chi connectivity index (χ1v) is 6.19. The van der Waals surface area contributed by atoms with Crippen LogP contribution in [0.3, 0.4) is 0 Å². The fraction of sp³-hybridized carbons (Fsp3) is 0.917. The fourth-order valence-corrected chi connectivity index (χ4v) is 1.42. The van der Waals surface area contributed by atoms with Gasteiger partial charge in [0.2, 0.25) is 0 Å². The Morgan fingerprint density at radius 3 is 2.25 bits per heavy atom. The monoisotopic (exact) mass is 247 g/mol. The van der Waals surface area contributed by atoms with Crippen molar-refractivity contribution in [2.24, 2.45) is 0 Å². The summed E-state index contributed by atoms with van der Waals surface area (Å²) in [5.41, 5.74) is -0.759. The van der Waals surface area contributed by atoms with Gasteiger partial charge in [-0.1, -0.05) is 6.92 Å². The van der Waals surface area contributed by atoms with Gasteiger partial charge < -0.3 is 10.1 Å². The van der Waals surface area contributed by atoms with Crippen molar-refractivity contribution in [1.82, 2.24) is 5.32 Å². The van der Waals surface area contributed by atoms with E-state index >= 15 is 0 Å². The highest BCUT2D eigenvalue weighted by Crippen LogP contribution is 2.21. The van der Waals surface area contributed by atoms with E-state index in [9.17, 15) is 4.79 Å². The van der Waals surface area contributed by atoms with Crippen LogP contribution in [-0.2, 0) is 9.53 Å². The highest BCUT2D eigenvalue weighted by atomic mass is 32.1. The van der Waals surface area contributed by atoms with Gasteiger partial charge in [0, 0.05) is 17.4 Å². The molecule has 4 heteroatoms. The molecule has 0 aliphatic heterocycles. The van der Waals surface area contributed by atoms with E-state index in [1.165, 1.54) is 0 Å². The van der Waals surface area contributed by atoms with Crippen LogP contribution in [0.4, 0.5) is 0 Å². The molecule has 3 nitrogen and oxygen atoms in total. The van der Waals surface area contributed by atoms with Gasteiger partial charge in [0.15, 0.2) is 5.78 Å². The van der Waals surface area contributed by atoms with Gasteiger partial charge in [-0.25, -0.2) is 0 Å². The molecule has 0 heterocycles. The lowest BCUT2D eigenvalue weighted by atomic mass is 9.94. The standard InChI is InChI=1S/C12H25NO2S/c1-9(14)11(3,4)15-8-7-12(5,13-6)10(2)16/h10,13,16H,7-8H2,1-6H3. The van der Waals surface area contributed by atoms with E-state index < -0.39 is 5.60 Å². The molecule has 0 aromatic heterocycles. The molecular weight excluding hydrogens is 222 g/mol. The Balaban J connectivity index is 4.21. The maximum absolute atomic E-state index is 11.3. The van der Waals surface area contributed by atoms with E-state index in [0.717, 1.165) is 6.42 Å². The van der Waals surface area contributed by atoms with E-state index in [1.54, 1.807) is 20.8 Å². The van der Waals surface area contributed by atoms with Gasteiger partial charge in [-0.15, -0.1) is 0 Å². The maximum Gasteiger partial charge on any atom is 0.160 e. The summed E-state index contributed by atoms with van der Waals surface area (Å²) in [5.74, 6) is 0.0533. The first kappa shape index (κ1) is 15.9. The summed E-state index contributed by atoms with van der Waals surface area (Å²) in [7, 11) is 1.92. The Labute approximate surface area is 105 Å². The van der Waals surface area contributed by atoms with Crippen molar-refractivity contribution in [2.45, 2.75) is 57.4 Å². The molecule has 0 saturated carbocycles. The van der Waals surface area contributed by atoms with E-state index in [2.05, 4.69) is 31.8 Å². The first-order chi connectivity index (χ1) is 7.15. The number of ketones is 1. The first-order valence-electron chi connectivity index (χ1n) is 5.67. The predicted octanol–water partition coefficient (Wildman–Crippen LogP) is 2.06. The van der Waals surface area contributed by atoms with Crippen molar-refractivity contribution in [3.8, 4) is 0 Å². The number of ether oxygens (including phenoxy) is 1. The molecule has 0 aromatic rings. The number of carbonyl (C=O) groups excluding carboxylic acids is 1. The third-order valence-corrected chi connectivity index (χ3v) is 4.00. The number of Topliss-reactive ketones (excluding diaryl/α,β-unsaturated/α-hetero) is 1. The zero-order valence-corrected chi connectivity index (χ0v) is 12.1. The Bertz CT molecular complexity index is 241. The Kier molecular flexibility index (Phi) is 6.01. The maximum atomic E-state index is 11.3. The molecule has 0 aliphatic carbocycles. The molecule has 16 heavy (non-hydrogen) atoms. The lowest BCUT2D eigenvalue weighted by molar-refractivity contribution is -0.138. The SMILES string of the molecule is CNC(C)(CCOC(C)(C)C(C)=O)C(C)S. The van der Waals surface area contributed by atoms with Gasteiger partial charge in [0.25, 0.3) is 0 Å². The van der Waals surface area contributed by atoms with E-state index in [1.807, 2.05) is 7.05 Å². The average Bonchev–Trinajstić information content (AvgIpc) is 2.16. The lowest BCUT2D eigenvalue weighted by Gasteiger charge is -2.34. The Morgan fingerprint density at radius 2 is 1.94 bits per heavy atom. The summed E-state index contributed by atoms with van der Waals surface area (Å²) in [6, 6.07) is 0. The van der Waals surface area contributed by atoms with Gasteiger partial charge in [-0.2, -0.15) is 12.6 Å². The zero-order valence-electron chi connectivity index (χ0n) is 11.3. The van der Waals surface area contributed by atoms with Crippen LogP contribution in [-0.4, -0.2) is 35.8 Å². The zero-order chi connectivity index (χ0) is 13.0. The summed E-state index contributed by atoms with van der Waals surface area (Å²) >= 11 is 4.46. The van der Waals surface area contributed by atoms with Crippen LogP contribution in [0.15, 0.2) is 0 Å². The number of hydrogen-bond acceptors (Lipinski definition) is 4. The minimum atomic E-state index is -0.686. The van der Waals surface area contributed by atoms with Gasteiger partial charge in [0.05, 0.1) is 0 Å². The molecule has 0 radical (unpaired) electrons. The Hall–Kier alpha value is -0.0600. The molecular formula is C12H25NO2S. The number of nitrogens with one attached hydrogen (secondary N) is 1. The predicted molar refractivity (Wildman–Crippen MR) is 71.2 cm³/mol. The molecule has 0 amide bonds. The number of rotatable bonds is 7. The summed E-state index contributed by atoms with van der Waals surface area (Å²) in [6.07, 6.45) is 0.824. The van der Waals surface area contributed by atoms with Crippen molar-refractivity contribution >= 4 is 18.4 Å². The van der Waals surface area contributed by atoms with Crippen LogP contribution in [0.25, 0.3) is 0 Å². The molecule has 0 aromatic carbocycles. The molecule has 0 aliphatic rings. The van der Waals surface area contributed by atoms with E-state index in [-0.39, 0.29) is 16.6 Å². The van der Waals surface area contributed by atoms with Crippen LogP contribution < -0.4 is 5.32 Å². The largest absolute Gasteiger partial charge is 0.368 e. The number of carbonyl (C=O) groups is 1. The van der Waals surface area contributed by atoms with Crippen LogP contribution in [0.2, 0.25) is 0 Å². The summed E-state index contributed by atoms with van der Waals surface area (Å²) in [5, 5.41) is 3.48. The van der Waals surface area contributed by atoms with Crippen LogP contribution in [0, 0.1) is 0 Å². The van der Waals surface area contributed by atoms with Gasteiger partial charge >= 0.3 is 0 Å². The van der Waals surface area contributed by atoms with Crippen LogP contribution in [0.5, 0.6) is 0 Å². The lowest BCUT2D eigenvalue weighted by Crippen LogP contribution is -2.48. The van der Waals surface area contributed by atoms with E-state index in [4.69, 9.17) is 4.74 Å². The molecule has 0 spiro atoms.